The number of anilines is 1. The molecule has 0 aliphatic carbocycles. The number of ether oxygens (including phenoxy) is 1. The van der Waals surface area contributed by atoms with Gasteiger partial charge in [-0.2, -0.15) is 0 Å². The summed E-state index contributed by atoms with van der Waals surface area (Å²) in [6.45, 7) is 5.85. The summed E-state index contributed by atoms with van der Waals surface area (Å²) in [5.41, 5.74) is 2.37. The van der Waals surface area contributed by atoms with Gasteiger partial charge in [-0.25, -0.2) is 9.78 Å². The van der Waals surface area contributed by atoms with Gasteiger partial charge in [-0.3, -0.25) is 4.79 Å². The van der Waals surface area contributed by atoms with E-state index in [0.29, 0.717) is 11.0 Å². The van der Waals surface area contributed by atoms with E-state index in [1.54, 1.807) is 5.38 Å². The van der Waals surface area contributed by atoms with Gasteiger partial charge in [0.2, 0.25) is 5.91 Å². The van der Waals surface area contributed by atoms with Crippen LogP contribution in [-0.2, 0) is 16.1 Å². The number of nitrogens with zero attached hydrogens (tertiary/aromatic N) is 1. The van der Waals surface area contributed by atoms with E-state index < -0.39 is 5.97 Å². The molecular weight excluding hydrogens is 300 g/mol. The summed E-state index contributed by atoms with van der Waals surface area (Å²) in [5.74, 6) is -0.251. The third-order valence-electron chi connectivity index (χ3n) is 3.01. The molecule has 1 aromatic heterocycles. The maximum Gasteiger partial charge on any atom is 0.358 e. The molecule has 22 heavy (non-hydrogen) atoms. The number of aromatic nitrogens is 1. The van der Waals surface area contributed by atoms with E-state index in [1.165, 1.54) is 23.8 Å². The average molecular weight is 318 g/mol. The van der Waals surface area contributed by atoms with Crippen molar-refractivity contribution in [2.45, 2.75) is 33.3 Å². The van der Waals surface area contributed by atoms with E-state index in [-0.39, 0.29) is 18.2 Å². The smallest absolute Gasteiger partial charge is 0.358 e. The molecule has 0 aliphatic rings. The number of thiazole rings is 1. The third-order valence-corrected chi connectivity index (χ3v) is 3.77. The lowest BCUT2D eigenvalue weighted by Gasteiger charge is -2.07. The molecule has 0 radical (unpaired) electrons. The van der Waals surface area contributed by atoms with E-state index in [2.05, 4.69) is 24.1 Å². The molecule has 1 heterocycles. The van der Waals surface area contributed by atoms with Gasteiger partial charge in [0.25, 0.3) is 0 Å². The van der Waals surface area contributed by atoms with Gasteiger partial charge in [0.05, 0.1) is 0 Å². The Labute approximate surface area is 133 Å². The van der Waals surface area contributed by atoms with Crippen molar-refractivity contribution < 1.29 is 14.3 Å². The van der Waals surface area contributed by atoms with Crippen molar-refractivity contribution in [3.63, 3.8) is 0 Å². The summed E-state index contributed by atoms with van der Waals surface area (Å²) in [7, 11) is 0. The van der Waals surface area contributed by atoms with Crippen LogP contribution in [0.5, 0.6) is 0 Å². The number of benzene rings is 1. The Morgan fingerprint density at radius 1 is 1.27 bits per heavy atom. The highest BCUT2D eigenvalue weighted by Crippen LogP contribution is 2.18. The first-order chi connectivity index (χ1) is 10.5. The third kappa shape index (κ3) is 4.39. The lowest BCUT2D eigenvalue weighted by molar-refractivity contribution is -0.114. The van der Waals surface area contributed by atoms with Crippen LogP contribution in [0.4, 0.5) is 5.13 Å². The van der Waals surface area contributed by atoms with Crippen LogP contribution in [0, 0.1) is 0 Å². The largest absolute Gasteiger partial charge is 0.456 e. The first-order valence-corrected chi connectivity index (χ1v) is 7.82. The van der Waals surface area contributed by atoms with Crippen molar-refractivity contribution in [3.05, 3.63) is 46.5 Å². The van der Waals surface area contributed by atoms with Crippen LogP contribution >= 0.6 is 11.3 Å². The van der Waals surface area contributed by atoms with E-state index in [0.717, 1.165) is 5.56 Å². The Balaban J connectivity index is 1.92. The molecule has 0 atom stereocenters. The molecule has 0 fully saturated rings. The number of esters is 1. The van der Waals surface area contributed by atoms with E-state index in [4.69, 9.17) is 4.74 Å². The minimum absolute atomic E-state index is 0.199. The Morgan fingerprint density at radius 2 is 1.95 bits per heavy atom. The topological polar surface area (TPSA) is 68.3 Å². The van der Waals surface area contributed by atoms with Crippen LogP contribution in [0.25, 0.3) is 0 Å². The highest BCUT2D eigenvalue weighted by atomic mass is 32.1. The molecule has 6 heteroatoms. The molecule has 5 nitrogen and oxygen atoms in total. The monoisotopic (exact) mass is 318 g/mol. The number of hydrogen-bond acceptors (Lipinski definition) is 5. The van der Waals surface area contributed by atoms with Gasteiger partial charge in [0.1, 0.15) is 6.61 Å². The fourth-order valence-corrected chi connectivity index (χ4v) is 2.52. The molecule has 2 aromatic rings. The second-order valence-corrected chi connectivity index (χ2v) is 6.05. The van der Waals surface area contributed by atoms with Crippen molar-refractivity contribution in [1.29, 1.82) is 0 Å². The molecule has 1 N–H and O–H groups in total. The summed E-state index contributed by atoms with van der Waals surface area (Å²) in [4.78, 5) is 26.8. The van der Waals surface area contributed by atoms with E-state index in [1.807, 2.05) is 24.3 Å². The molecule has 0 spiro atoms. The van der Waals surface area contributed by atoms with Crippen LogP contribution < -0.4 is 5.32 Å². The summed E-state index contributed by atoms with van der Waals surface area (Å²) >= 11 is 1.19. The summed E-state index contributed by atoms with van der Waals surface area (Å²) in [5, 5.41) is 4.49. The normalized spacial score (nSPS) is 10.5. The van der Waals surface area contributed by atoms with Crippen LogP contribution in [-0.4, -0.2) is 16.9 Å². The van der Waals surface area contributed by atoms with Gasteiger partial charge < -0.3 is 10.1 Å². The zero-order valence-corrected chi connectivity index (χ0v) is 13.6. The van der Waals surface area contributed by atoms with Crippen LogP contribution in [0.15, 0.2) is 29.6 Å². The highest BCUT2D eigenvalue weighted by Gasteiger charge is 2.13. The Hall–Kier alpha value is -2.21. The summed E-state index contributed by atoms with van der Waals surface area (Å²) in [6.07, 6.45) is 0. The number of amides is 1. The molecule has 116 valence electrons. The van der Waals surface area contributed by atoms with Gasteiger partial charge in [-0.15, -0.1) is 11.3 Å². The van der Waals surface area contributed by atoms with Gasteiger partial charge in [0, 0.05) is 12.3 Å². The second kappa shape index (κ2) is 7.17. The predicted octanol–water partition coefficient (Wildman–Crippen LogP) is 3.58. The number of rotatable bonds is 5. The Kier molecular flexibility index (Phi) is 5.27. The molecular formula is C16H18N2O3S. The second-order valence-electron chi connectivity index (χ2n) is 5.19. The summed E-state index contributed by atoms with van der Waals surface area (Å²) < 4.78 is 5.23. The zero-order valence-electron chi connectivity index (χ0n) is 12.8. The van der Waals surface area contributed by atoms with Crippen molar-refractivity contribution in [1.82, 2.24) is 4.98 Å². The first kappa shape index (κ1) is 16.2. The zero-order chi connectivity index (χ0) is 16.1. The molecule has 0 saturated heterocycles. The fourth-order valence-electron chi connectivity index (χ4n) is 1.80. The minimum atomic E-state index is -0.499. The molecule has 0 bridgehead atoms. The van der Waals surface area contributed by atoms with Gasteiger partial charge in [-0.05, 0) is 17.0 Å². The predicted molar refractivity (Wildman–Crippen MR) is 86.1 cm³/mol. The minimum Gasteiger partial charge on any atom is -0.456 e. The number of carbonyl (C=O) groups excluding carboxylic acids is 2. The average Bonchev–Trinajstić information content (AvgIpc) is 2.93. The van der Waals surface area contributed by atoms with Crippen molar-refractivity contribution in [2.24, 2.45) is 0 Å². The Bertz CT molecular complexity index is 662. The van der Waals surface area contributed by atoms with Gasteiger partial charge in [-0.1, -0.05) is 38.1 Å². The van der Waals surface area contributed by atoms with Crippen LogP contribution in [0.1, 0.15) is 48.3 Å². The highest BCUT2D eigenvalue weighted by molar-refractivity contribution is 7.14. The number of nitrogens with one attached hydrogen (secondary N) is 1. The van der Waals surface area contributed by atoms with Crippen molar-refractivity contribution in [2.75, 3.05) is 5.32 Å². The maximum absolute atomic E-state index is 11.9. The van der Waals surface area contributed by atoms with Crippen LogP contribution in [0.2, 0.25) is 0 Å². The quantitative estimate of drug-likeness (QED) is 0.856. The Morgan fingerprint density at radius 3 is 2.55 bits per heavy atom. The van der Waals surface area contributed by atoms with Gasteiger partial charge >= 0.3 is 5.97 Å². The van der Waals surface area contributed by atoms with E-state index >= 15 is 0 Å². The van der Waals surface area contributed by atoms with Crippen molar-refractivity contribution in [3.8, 4) is 0 Å². The first-order valence-electron chi connectivity index (χ1n) is 6.95. The fraction of sp³-hybridized carbons (Fsp3) is 0.312. The molecule has 0 aliphatic heterocycles. The SMILES string of the molecule is CC(=O)Nc1nc(C(=O)OCc2ccc(C(C)C)cc2)cs1. The molecule has 0 unspecified atom stereocenters. The molecule has 0 saturated carbocycles. The summed E-state index contributed by atoms with van der Waals surface area (Å²) in [6, 6.07) is 7.97. The number of carbonyl (C=O) groups is 2. The molecule has 1 amide bonds. The van der Waals surface area contributed by atoms with Crippen molar-refractivity contribution >= 4 is 28.3 Å². The lowest BCUT2D eigenvalue weighted by Crippen LogP contribution is -2.08. The maximum atomic E-state index is 11.9. The molecule has 1 aromatic carbocycles. The van der Waals surface area contributed by atoms with Crippen LogP contribution in [0.3, 0.4) is 0 Å². The number of hydrogen-bond donors (Lipinski definition) is 1. The van der Waals surface area contributed by atoms with Gasteiger partial charge in [0.15, 0.2) is 10.8 Å². The molecule has 2 rings (SSSR count). The standard InChI is InChI=1S/C16H18N2O3S/c1-10(2)13-6-4-12(5-7-13)8-21-15(20)14-9-22-16(18-14)17-11(3)19/h4-7,9-10H,8H2,1-3H3,(H,17,18,19). The van der Waals surface area contributed by atoms with E-state index in [9.17, 15) is 9.59 Å². The lowest BCUT2D eigenvalue weighted by atomic mass is 10.0.